The molecule has 0 fully saturated rings. The number of rotatable bonds is 7. The third-order valence-corrected chi connectivity index (χ3v) is 7.98. The highest BCUT2D eigenvalue weighted by molar-refractivity contribution is 7.92. The van der Waals surface area contributed by atoms with Crippen molar-refractivity contribution in [1.82, 2.24) is 9.88 Å². The van der Waals surface area contributed by atoms with Crippen LogP contribution in [0, 0.1) is 0 Å². The van der Waals surface area contributed by atoms with Crippen molar-refractivity contribution >= 4 is 43.2 Å². The second-order valence-electron chi connectivity index (χ2n) is 7.27. The Morgan fingerprint density at radius 3 is 2.41 bits per heavy atom. The molecule has 0 N–H and O–H groups in total. The van der Waals surface area contributed by atoms with Crippen molar-refractivity contribution < 1.29 is 13.2 Å². The lowest BCUT2D eigenvalue weighted by molar-refractivity contribution is 0.0785. The van der Waals surface area contributed by atoms with Crippen molar-refractivity contribution in [3.8, 4) is 0 Å². The molecule has 4 aromatic rings. The van der Waals surface area contributed by atoms with Gasteiger partial charge in [0, 0.05) is 19.2 Å². The maximum atomic E-state index is 13.3. The van der Waals surface area contributed by atoms with Crippen LogP contribution in [0.5, 0.6) is 0 Å². The van der Waals surface area contributed by atoms with Gasteiger partial charge in [-0.3, -0.25) is 9.10 Å². The van der Waals surface area contributed by atoms with Gasteiger partial charge < -0.3 is 4.90 Å². The molecule has 1 amide bonds. The Morgan fingerprint density at radius 1 is 0.969 bits per heavy atom. The number of sulfonamides is 1. The Morgan fingerprint density at radius 2 is 1.69 bits per heavy atom. The molecule has 0 spiro atoms. The van der Waals surface area contributed by atoms with Crippen LogP contribution in [-0.2, 0) is 16.6 Å². The molecular formula is C24H23N3O3S2. The molecule has 1 heterocycles. The van der Waals surface area contributed by atoms with Gasteiger partial charge in [0.2, 0.25) is 0 Å². The van der Waals surface area contributed by atoms with Gasteiger partial charge >= 0.3 is 0 Å². The van der Waals surface area contributed by atoms with E-state index in [-0.39, 0.29) is 17.3 Å². The number of anilines is 1. The third kappa shape index (κ3) is 4.37. The zero-order valence-corrected chi connectivity index (χ0v) is 19.4. The SMILES string of the molecule is CCN(c1ccccc1)S(=O)(=O)c1cccc(C(=O)N(C)Cc2nc3ccccc3s2)c1. The minimum absolute atomic E-state index is 0.0856. The van der Waals surface area contributed by atoms with Gasteiger partial charge in [0.05, 0.1) is 27.3 Å². The maximum Gasteiger partial charge on any atom is 0.264 e. The second kappa shape index (κ2) is 9.10. The van der Waals surface area contributed by atoms with E-state index in [4.69, 9.17) is 0 Å². The number of fused-ring (bicyclic) bond motifs is 1. The summed E-state index contributed by atoms with van der Waals surface area (Å²) >= 11 is 1.54. The number of hydrogen-bond donors (Lipinski definition) is 0. The van der Waals surface area contributed by atoms with Crippen molar-refractivity contribution in [2.24, 2.45) is 0 Å². The second-order valence-corrected chi connectivity index (χ2v) is 10.2. The molecule has 0 aliphatic rings. The molecule has 1 aromatic heterocycles. The fourth-order valence-electron chi connectivity index (χ4n) is 3.49. The zero-order chi connectivity index (χ0) is 22.7. The highest BCUT2D eigenvalue weighted by Crippen LogP contribution is 2.25. The predicted molar refractivity (Wildman–Crippen MR) is 129 cm³/mol. The van der Waals surface area contributed by atoms with Crippen LogP contribution in [0.2, 0.25) is 0 Å². The van der Waals surface area contributed by atoms with Crippen molar-refractivity contribution in [2.45, 2.75) is 18.4 Å². The van der Waals surface area contributed by atoms with E-state index in [1.54, 1.807) is 66.6 Å². The summed E-state index contributed by atoms with van der Waals surface area (Å²) in [5.74, 6) is -0.260. The lowest BCUT2D eigenvalue weighted by Gasteiger charge is -2.23. The first-order chi connectivity index (χ1) is 15.4. The molecule has 8 heteroatoms. The predicted octanol–water partition coefficient (Wildman–Crippen LogP) is 4.78. The molecule has 4 rings (SSSR count). The average molecular weight is 466 g/mol. The fraction of sp³-hybridized carbons (Fsp3) is 0.167. The zero-order valence-electron chi connectivity index (χ0n) is 17.8. The van der Waals surface area contributed by atoms with E-state index < -0.39 is 10.0 Å². The third-order valence-electron chi connectivity index (χ3n) is 5.06. The van der Waals surface area contributed by atoms with E-state index in [1.165, 1.54) is 16.4 Å². The molecule has 0 radical (unpaired) electrons. The van der Waals surface area contributed by atoms with Gasteiger partial charge in [0.15, 0.2) is 0 Å². The van der Waals surface area contributed by atoms with E-state index >= 15 is 0 Å². The van der Waals surface area contributed by atoms with Crippen LogP contribution < -0.4 is 4.31 Å². The van der Waals surface area contributed by atoms with Gasteiger partial charge in [0.25, 0.3) is 15.9 Å². The first-order valence-corrected chi connectivity index (χ1v) is 12.4. The van der Waals surface area contributed by atoms with Crippen LogP contribution in [-0.4, -0.2) is 37.8 Å². The fourth-order valence-corrected chi connectivity index (χ4v) is 6.03. The normalized spacial score (nSPS) is 11.4. The van der Waals surface area contributed by atoms with Crippen molar-refractivity contribution in [1.29, 1.82) is 0 Å². The quantitative estimate of drug-likeness (QED) is 0.394. The van der Waals surface area contributed by atoms with Gasteiger partial charge in [-0.15, -0.1) is 11.3 Å². The van der Waals surface area contributed by atoms with Crippen LogP contribution in [0.4, 0.5) is 5.69 Å². The van der Waals surface area contributed by atoms with E-state index in [2.05, 4.69) is 4.98 Å². The molecule has 0 aliphatic carbocycles. The summed E-state index contributed by atoms with van der Waals surface area (Å²) in [7, 11) is -2.12. The van der Waals surface area contributed by atoms with Crippen molar-refractivity contribution in [3.63, 3.8) is 0 Å². The van der Waals surface area contributed by atoms with E-state index in [1.807, 2.05) is 30.3 Å². The molecule has 0 saturated heterocycles. The van der Waals surface area contributed by atoms with E-state index in [0.29, 0.717) is 17.8 Å². The Bertz CT molecular complexity index is 1320. The number of para-hydroxylation sites is 2. The highest BCUT2D eigenvalue weighted by atomic mass is 32.2. The Kier molecular flexibility index (Phi) is 6.25. The van der Waals surface area contributed by atoms with Gasteiger partial charge in [-0.05, 0) is 49.4 Å². The summed E-state index contributed by atoms with van der Waals surface area (Å²) in [6, 6.07) is 23.0. The molecule has 0 saturated carbocycles. The Labute approximate surface area is 191 Å². The Hall–Kier alpha value is -3.23. The number of nitrogens with zero attached hydrogens (tertiary/aromatic N) is 3. The van der Waals surface area contributed by atoms with Crippen LogP contribution >= 0.6 is 11.3 Å². The first kappa shape index (κ1) is 22.0. The average Bonchev–Trinajstić information content (AvgIpc) is 3.22. The molecule has 0 unspecified atom stereocenters. The summed E-state index contributed by atoms with van der Waals surface area (Å²) < 4.78 is 29.0. The molecule has 0 atom stereocenters. The number of aromatic nitrogens is 1. The molecule has 6 nitrogen and oxygen atoms in total. The summed E-state index contributed by atoms with van der Waals surface area (Å²) in [6.07, 6.45) is 0. The standard InChI is InChI=1S/C24H23N3O3S2/c1-3-27(19-11-5-4-6-12-19)32(29,30)20-13-9-10-18(16-20)24(28)26(2)17-23-25-21-14-7-8-15-22(21)31-23/h4-16H,3,17H2,1-2H3. The molecule has 3 aromatic carbocycles. The molecule has 0 bridgehead atoms. The number of thiazole rings is 1. The van der Waals surface area contributed by atoms with Gasteiger partial charge in [-0.25, -0.2) is 13.4 Å². The summed E-state index contributed by atoms with van der Waals surface area (Å²) in [5.41, 5.74) is 1.81. The van der Waals surface area contributed by atoms with Crippen molar-refractivity contribution in [3.05, 3.63) is 89.4 Å². The first-order valence-electron chi connectivity index (χ1n) is 10.2. The molecule has 0 aliphatic heterocycles. The largest absolute Gasteiger partial charge is 0.335 e. The van der Waals surface area contributed by atoms with E-state index in [0.717, 1.165) is 15.2 Å². The van der Waals surface area contributed by atoms with Gasteiger partial charge in [0.1, 0.15) is 5.01 Å². The minimum Gasteiger partial charge on any atom is -0.335 e. The molecule has 164 valence electrons. The number of amides is 1. The summed E-state index contributed by atoms with van der Waals surface area (Å²) in [6.45, 7) is 2.41. The Balaban J connectivity index is 1.58. The molecular weight excluding hydrogens is 442 g/mol. The molecule has 32 heavy (non-hydrogen) atoms. The van der Waals surface area contributed by atoms with Crippen LogP contribution in [0.3, 0.4) is 0 Å². The lowest BCUT2D eigenvalue weighted by atomic mass is 10.2. The maximum absolute atomic E-state index is 13.3. The highest BCUT2D eigenvalue weighted by Gasteiger charge is 2.25. The summed E-state index contributed by atoms with van der Waals surface area (Å²) in [5, 5.41) is 0.826. The topological polar surface area (TPSA) is 70.6 Å². The minimum atomic E-state index is -3.81. The summed E-state index contributed by atoms with van der Waals surface area (Å²) in [4.78, 5) is 19.3. The van der Waals surface area contributed by atoms with Crippen molar-refractivity contribution in [2.75, 3.05) is 17.9 Å². The number of benzene rings is 3. The van der Waals surface area contributed by atoms with E-state index in [9.17, 15) is 13.2 Å². The van der Waals surface area contributed by atoms with Crippen LogP contribution in [0.15, 0.2) is 83.8 Å². The lowest BCUT2D eigenvalue weighted by Crippen LogP contribution is -2.31. The number of carbonyl (C=O) groups excluding carboxylic acids is 1. The smallest absolute Gasteiger partial charge is 0.264 e. The van der Waals surface area contributed by atoms with Crippen LogP contribution in [0.25, 0.3) is 10.2 Å². The monoisotopic (exact) mass is 465 g/mol. The van der Waals surface area contributed by atoms with Gasteiger partial charge in [-0.2, -0.15) is 0 Å². The number of carbonyl (C=O) groups is 1. The van der Waals surface area contributed by atoms with Gasteiger partial charge in [-0.1, -0.05) is 36.4 Å². The van der Waals surface area contributed by atoms with Crippen LogP contribution in [0.1, 0.15) is 22.3 Å². The number of hydrogen-bond acceptors (Lipinski definition) is 5.